The Morgan fingerprint density at radius 3 is 2.80 bits per heavy atom. The summed E-state index contributed by atoms with van der Waals surface area (Å²) >= 11 is 0. The fourth-order valence-corrected chi connectivity index (χ4v) is 3.61. The molecule has 108 valence electrons. The van der Waals surface area contributed by atoms with Gasteiger partial charge in [0.15, 0.2) is 5.69 Å². The lowest BCUT2D eigenvalue weighted by Gasteiger charge is -2.30. The van der Waals surface area contributed by atoms with Gasteiger partial charge in [-0.1, -0.05) is 12.8 Å². The summed E-state index contributed by atoms with van der Waals surface area (Å²) < 4.78 is 4.72. The molecule has 5 heteroatoms. The van der Waals surface area contributed by atoms with Crippen molar-refractivity contribution in [2.75, 3.05) is 18.6 Å². The Kier molecular flexibility index (Phi) is 3.85. The highest BCUT2D eigenvalue weighted by Gasteiger charge is 2.34. The van der Waals surface area contributed by atoms with Gasteiger partial charge in [0, 0.05) is 12.6 Å². The van der Waals surface area contributed by atoms with Crippen molar-refractivity contribution in [3.05, 3.63) is 18.1 Å². The van der Waals surface area contributed by atoms with Gasteiger partial charge in [0.05, 0.1) is 19.5 Å². The minimum absolute atomic E-state index is 0.294. The van der Waals surface area contributed by atoms with Crippen molar-refractivity contribution in [3.8, 4) is 0 Å². The van der Waals surface area contributed by atoms with Crippen LogP contribution in [0.5, 0.6) is 0 Å². The molecule has 1 saturated heterocycles. The Balaban J connectivity index is 1.82. The van der Waals surface area contributed by atoms with Gasteiger partial charge in [-0.25, -0.2) is 9.78 Å². The standard InChI is InChI=1S/C15H21N3O2/c1-20-15(19)12-9-16-10-14(17-12)18-8-4-7-13(18)11-5-2-3-6-11/h9-11,13H,2-8H2,1H3. The number of anilines is 1. The maximum absolute atomic E-state index is 11.6. The van der Waals surface area contributed by atoms with Gasteiger partial charge >= 0.3 is 5.97 Å². The quantitative estimate of drug-likeness (QED) is 0.793. The van der Waals surface area contributed by atoms with E-state index in [-0.39, 0.29) is 0 Å². The van der Waals surface area contributed by atoms with Crippen LogP contribution in [0.15, 0.2) is 12.4 Å². The van der Waals surface area contributed by atoms with Gasteiger partial charge in [0.2, 0.25) is 0 Å². The number of carbonyl (C=O) groups excluding carboxylic acids is 1. The number of aromatic nitrogens is 2. The first kappa shape index (κ1) is 13.3. The molecule has 0 radical (unpaired) electrons. The molecule has 1 aliphatic heterocycles. The molecular weight excluding hydrogens is 254 g/mol. The molecule has 0 N–H and O–H groups in total. The zero-order valence-electron chi connectivity index (χ0n) is 11.9. The van der Waals surface area contributed by atoms with E-state index in [0.717, 1.165) is 18.3 Å². The highest BCUT2D eigenvalue weighted by Crippen LogP contribution is 2.37. The zero-order chi connectivity index (χ0) is 13.9. The summed E-state index contributed by atoms with van der Waals surface area (Å²) in [6.07, 6.45) is 11.0. The molecule has 1 atom stereocenters. The third-order valence-corrected chi connectivity index (χ3v) is 4.55. The van der Waals surface area contributed by atoms with Crippen molar-refractivity contribution < 1.29 is 9.53 Å². The van der Waals surface area contributed by atoms with Crippen LogP contribution in [0, 0.1) is 5.92 Å². The Labute approximate surface area is 119 Å². The summed E-state index contributed by atoms with van der Waals surface area (Å²) in [4.78, 5) is 22.5. The van der Waals surface area contributed by atoms with E-state index in [0.29, 0.717) is 11.7 Å². The average Bonchev–Trinajstić information content (AvgIpc) is 3.16. The lowest BCUT2D eigenvalue weighted by Crippen LogP contribution is -2.35. The second-order valence-electron chi connectivity index (χ2n) is 5.70. The number of rotatable bonds is 3. The lowest BCUT2D eigenvalue weighted by atomic mass is 9.96. The van der Waals surface area contributed by atoms with Crippen molar-refractivity contribution >= 4 is 11.8 Å². The van der Waals surface area contributed by atoms with E-state index in [1.54, 1.807) is 6.20 Å². The summed E-state index contributed by atoms with van der Waals surface area (Å²) in [5.74, 6) is 1.18. The third kappa shape index (κ3) is 2.49. The zero-order valence-corrected chi connectivity index (χ0v) is 11.9. The molecule has 3 rings (SSSR count). The number of carbonyl (C=O) groups is 1. The van der Waals surface area contributed by atoms with E-state index < -0.39 is 5.97 Å². The number of hydrogen-bond donors (Lipinski definition) is 0. The highest BCUT2D eigenvalue weighted by atomic mass is 16.5. The first-order valence-electron chi connectivity index (χ1n) is 7.46. The van der Waals surface area contributed by atoms with Crippen molar-refractivity contribution in [1.29, 1.82) is 0 Å². The second-order valence-corrected chi connectivity index (χ2v) is 5.70. The molecule has 0 aromatic carbocycles. The largest absolute Gasteiger partial charge is 0.464 e. The highest BCUT2D eigenvalue weighted by molar-refractivity contribution is 5.87. The van der Waals surface area contributed by atoms with Gasteiger partial charge in [-0.05, 0) is 31.6 Å². The Morgan fingerprint density at radius 1 is 1.25 bits per heavy atom. The number of esters is 1. The topological polar surface area (TPSA) is 55.3 Å². The van der Waals surface area contributed by atoms with E-state index in [1.807, 2.05) is 0 Å². The normalized spacial score (nSPS) is 23.2. The average molecular weight is 275 g/mol. The molecule has 1 aliphatic carbocycles. The van der Waals surface area contributed by atoms with Gasteiger partial charge in [-0.2, -0.15) is 0 Å². The number of hydrogen-bond acceptors (Lipinski definition) is 5. The maximum atomic E-state index is 11.6. The van der Waals surface area contributed by atoms with Gasteiger partial charge in [-0.3, -0.25) is 4.98 Å². The molecule has 1 aromatic rings. The second kappa shape index (κ2) is 5.77. The summed E-state index contributed by atoms with van der Waals surface area (Å²) in [6.45, 7) is 1.01. The number of nitrogens with zero attached hydrogens (tertiary/aromatic N) is 3. The van der Waals surface area contributed by atoms with Crippen LogP contribution in [0.1, 0.15) is 49.0 Å². The molecule has 0 bridgehead atoms. The monoisotopic (exact) mass is 275 g/mol. The fraction of sp³-hybridized carbons (Fsp3) is 0.667. The molecular formula is C15H21N3O2. The van der Waals surface area contributed by atoms with E-state index in [9.17, 15) is 4.79 Å². The molecule has 2 aliphatic rings. The molecule has 0 amide bonds. The Bertz CT molecular complexity index is 486. The Morgan fingerprint density at radius 2 is 2.05 bits per heavy atom. The summed E-state index contributed by atoms with van der Waals surface area (Å²) in [6, 6.07) is 0.569. The number of methoxy groups -OCH3 is 1. The minimum atomic E-state index is -0.420. The summed E-state index contributed by atoms with van der Waals surface area (Å²) in [5, 5.41) is 0. The van der Waals surface area contributed by atoms with Crippen molar-refractivity contribution in [1.82, 2.24) is 9.97 Å². The fourth-order valence-electron chi connectivity index (χ4n) is 3.61. The van der Waals surface area contributed by atoms with E-state index in [1.165, 1.54) is 51.8 Å². The van der Waals surface area contributed by atoms with Crippen molar-refractivity contribution in [2.45, 2.75) is 44.6 Å². The lowest BCUT2D eigenvalue weighted by molar-refractivity contribution is 0.0593. The SMILES string of the molecule is COC(=O)c1cncc(N2CCCC2C2CCCC2)n1. The first-order chi connectivity index (χ1) is 9.79. The molecule has 20 heavy (non-hydrogen) atoms. The molecule has 5 nitrogen and oxygen atoms in total. The van der Waals surface area contributed by atoms with Crippen molar-refractivity contribution in [3.63, 3.8) is 0 Å². The van der Waals surface area contributed by atoms with Crippen LogP contribution >= 0.6 is 0 Å². The van der Waals surface area contributed by atoms with Gasteiger partial charge in [0.25, 0.3) is 0 Å². The van der Waals surface area contributed by atoms with Gasteiger partial charge in [-0.15, -0.1) is 0 Å². The van der Waals surface area contributed by atoms with Crippen LogP contribution in [0.4, 0.5) is 5.82 Å². The van der Waals surface area contributed by atoms with Gasteiger partial charge in [0.1, 0.15) is 5.82 Å². The van der Waals surface area contributed by atoms with Gasteiger partial charge < -0.3 is 9.64 Å². The molecule has 0 spiro atoms. The van der Waals surface area contributed by atoms with Crippen LogP contribution in [0.2, 0.25) is 0 Å². The van der Waals surface area contributed by atoms with Crippen molar-refractivity contribution in [2.24, 2.45) is 5.92 Å². The third-order valence-electron chi connectivity index (χ3n) is 4.55. The van der Waals surface area contributed by atoms with Crippen LogP contribution in [0.3, 0.4) is 0 Å². The molecule has 1 saturated carbocycles. The smallest absolute Gasteiger partial charge is 0.358 e. The maximum Gasteiger partial charge on any atom is 0.358 e. The summed E-state index contributed by atoms with van der Waals surface area (Å²) in [5.41, 5.74) is 0.294. The van der Waals surface area contributed by atoms with E-state index >= 15 is 0 Å². The molecule has 1 aromatic heterocycles. The molecule has 2 heterocycles. The predicted molar refractivity (Wildman–Crippen MR) is 75.7 cm³/mol. The molecule has 2 fully saturated rings. The molecule has 1 unspecified atom stereocenters. The minimum Gasteiger partial charge on any atom is -0.464 e. The first-order valence-corrected chi connectivity index (χ1v) is 7.46. The predicted octanol–water partition coefficient (Wildman–Crippen LogP) is 2.42. The number of ether oxygens (including phenoxy) is 1. The Hall–Kier alpha value is -1.65. The van der Waals surface area contributed by atoms with Crippen LogP contribution < -0.4 is 4.90 Å². The van der Waals surface area contributed by atoms with E-state index in [4.69, 9.17) is 4.74 Å². The van der Waals surface area contributed by atoms with E-state index in [2.05, 4.69) is 14.9 Å². The summed E-state index contributed by atoms with van der Waals surface area (Å²) in [7, 11) is 1.37. The van der Waals surface area contributed by atoms with Crippen LogP contribution in [0.25, 0.3) is 0 Å². The van der Waals surface area contributed by atoms with Crippen LogP contribution in [-0.2, 0) is 4.74 Å². The van der Waals surface area contributed by atoms with Crippen LogP contribution in [-0.4, -0.2) is 35.6 Å².